The van der Waals surface area contributed by atoms with E-state index in [1.165, 1.54) is 6.20 Å². The third-order valence-electron chi connectivity index (χ3n) is 2.10. The number of aromatic nitrogens is 2. The number of halogens is 2. The minimum atomic E-state index is -0.436. The summed E-state index contributed by atoms with van der Waals surface area (Å²) >= 11 is 9.17. The second-order valence-corrected chi connectivity index (χ2v) is 4.55. The Labute approximate surface area is 115 Å². The van der Waals surface area contributed by atoms with E-state index in [0.717, 1.165) is 6.20 Å². The van der Waals surface area contributed by atoms with Gasteiger partial charge in [-0.05, 0) is 28.1 Å². The van der Waals surface area contributed by atoms with Crippen molar-refractivity contribution in [2.45, 2.75) is 0 Å². The smallest absolute Gasteiger partial charge is 0.275 e. The van der Waals surface area contributed by atoms with Crippen molar-refractivity contribution in [2.75, 3.05) is 5.32 Å². The summed E-state index contributed by atoms with van der Waals surface area (Å²) < 4.78 is 0.587. The van der Waals surface area contributed by atoms with Crippen LogP contribution in [0.5, 0.6) is 0 Å². The standard InChI is InChI=1S/C11H7BrClN3O2/c12-10-6(13)2-1-3-7(10)16-11(18)8-4-15-9(17)5-14-8/h1-5H,(H,15,17)(H,16,18). The Morgan fingerprint density at radius 2 is 2.22 bits per heavy atom. The number of hydrogen-bond donors (Lipinski definition) is 2. The molecule has 0 aliphatic carbocycles. The zero-order valence-corrected chi connectivity index (χ0v) is 11.2. The highest BCUT2D eigenvalue weighted by molar-refractivity contribution is 9.10. The molecule has 7 heteroatoms. The topological polar surface area (TPSA) is 74.8 Å². The first kappa shape index (κ1) is 12.8. The van der Waals surface area contributed by atoms with E-state index in [0.29, 0.717) is 15.2 Å². The van der Waals surface area contributed by atoms with Gasteiger partial charge in [0.05, 0.1) is 21.4 Å². The van der Waals surface area contributed by atoms with Gasteiger partial charge in [-0.1, -0.05) is 17.7 Å². The van der Waals surface area contributed by atoms with Crippen LogP contribution in [0.3, 0.4) is 0 Å². The van der Waals surface area contributed by atoms with Crippen LogP contribution in [-0.4, -0.2) is 15.9 Å². The molecule has 18 heavy (non-hydrogen) atoms. The molecule has 92 valence electrons. The van der Waals surface area contributed by atoms with Crippen molar-refractivity contribution in [1.82, 2.24) is 9.97 Å². The highest BCUT2D eigenvalue weighted by Gasteiger charge is 2.10. The monoisotopic (exact) mass is 327 g/mol. The minimum Gasteiger partial charge on any atom is -0.325 e. The van der Waals surface area contributed by atoms with E-state index in [4.69, 9.17) is 11.6 Å². The summed E-state index contributed by atoms with van der Waals surface area (Å²) in [5, 5.41) is 3.12. The van der Waals surface area contributed by atoms with Crippen molar-refractivity contribution in [3.05, 3.63) is 56.1 Å². The number of anilines is 1. The fraction of sp³-hybridized carbons (Fsp3) is 0. The molecule has 1 aromatic heterocycles. The number of nitrogens with zero attached hydrogens (tertiary/aromatic N) is 1. The van der Waals surface area contributed by atoms with Crippen molar-refractivity contribution in [2.24, 2.45) is 0 Å². The van der Waals surface area contributed by atoms with E-state index in [1.807, 2.05) is 0 Å². The van der Waals surface area contributed by atoms with Crippen molar-refractivity contribution < 1.29 is 4.79 Å². The van der Waals surface area contributed by atoms with Gasteiger partial charge in [-0.2, -0.15) is 0 Å². The van der Waals surface area contributed by atoms with Gasteiger partial charge in [0.15, 0.2) is 0 Å². The third kappa shape index (κ3) is 2.77. The normalized spacial score (nSPS) is 10.1. The number of nitrogens with one attached hydrogen (secondary N) is 2. The average molecular weight is 329 g/mol. The Balaban J connectivity index is 2.24. The number of aromatic amines is 1. The summed E-state index contributed by atoms with van der Waals surface area (Å²) in [6, 6.07) is 5.10. The summed E-state index contributed by atoms with van der Waals surface area (Å²) in [5.41, 5.74) is 0.275. The van der Waals surface area contributed by atoms with Gasteiger partial charge in [0.2, 0.25) is 0 Å². The van der Waals surface area contributed by atoms with Crippen LogP contribution in [0.2, 0.25) is 5.02 Å². The lowest BCUT2D eigenvalue weighted by Gasteiger charge is -2.07. The third-order valence-corrected chi connectivity index (χ3v) is 3.50. The van der Waals surface area contributed by atoms with Crippen molar-refractivity contribution in [3.63, 3.8) is 0 Å². The van der Waals surface area contributed by atoms with E-state index < -0.39 is 5.91 Å². The zero-order chi connectivity index (χ0) is 13.1. The number of rotatable bonds is 2. The number of carbonyl (C=O) groups is 1. The highest BCUT2D eigenvalue weighted by atomic mass is 79.9. The maximum Gasteiger partial charge on any atom is 0.275 e. The van der Waals surface area contributed by atoms with Crippen molar-refractivity contribution in [3.8, 4) is 0 Å². The second kappa shape index (κ2) is 5.32. The number of hydrogen-bond acceptors (Lipinski definition) is 3. The average Bonchev–Trinajstić information content (AvgIpc) is 2.36. The summed E-state index contributed by atoms with van der Waals surface area (Å²) in [6.07, 6.45) is 2.29. The van der Waals surface area contributed by atoms with E-state index in [2.05, 4.69) is 31.2 Å². The fourth-order valence-corrected chi connectivity index (χ4v) is 1.79. The van der Waals surface area contributed by atoms with Crippen LogP contribution in [0.4, 0.5) is 5.69 Å². The lowest BCUT2D eigenvalue weighted by molar-refractivity contribution is 0.102. The predicted octanol–water partition coefficient (Wildman–Crippen LogP) is 2.44. The van der Waals surface area contributed by atoms with E-state index in [9.17, 15) is 9.59 Å². The predicted molar refractivity (Wildman–Crippen MR) is 72.0 cm³/mol. The summed E-state index contributed by atoms with van der Waals surface area (Å²) in [6.45, 7) is 0. The molecule has 0 radical (unpaired) electrons. The van der Waals surface area contributed by atoms with E-state index in [1.54, 1.807) is 18.2 Å². The molecule has 0 bridgehead atoms. The Morgan fingerprint density at radius 1 is 1.44 bits per heavy atom. The summed E-state index contributed by atoms with van der Waals surface area (Å²) in [5.74, 6) is -0.436. The van der Waals surface area contributed by atoms with E-state index in [-0.39, 0.29) is 11.3 Å². The molecule has 0 unspecified atom stereocenters. The van der Waals surface area contributed by atoms with Crippen LogP contribution in [0, 0.1) is 0 Å². The number of H-pyrrole nitrogens is 1. The Morgan fingerprint density at radius 3 is 2.89 bits per heavy atom. The molecule has 2 aromatic rings. The SMILES string of the molecule is O=C(Nc1cccc(Cl)c1Br)c1c[nH]c(=O)cn1. The molecular formula is C11H7BrClN3O2. The van der Waals surface area contributed by atoms with Crippen molar-refractivity contribution in [1.29, 1.82) is 0 Å². The molecule has 0 saturated heterocycles. The molecule has 0 saturated carbocycles. The number of carbonyl (C=O) groups excluding carboxylic acids is 1. The van der Waals surface area contributed by atoms with Gasteiger partial charge in [-0.25, -0.2) is 4.98 Å². The zero-order valence-electron chi connectivity index (χ0n) is 8.91. The first-order valence-electron chi connectivity index (χ1n) is 4.88. The van der Waals surface area contributed by atoms with Gasteiger partial charge in [0.1, 0.15) is 5.69 Å². The van der Waals surface area contributed by atoms with Crippen LogP contribution < -0.4 is 10.9 Å². The maximum atomic E-state index is 11.8. The van der Waals surface area contributed by atoms with Crippen LogP contribution in [0.1, 0.15) is 10.5 Å². The first-order chi connectivity index (χ1) is 8.58. The number of amides is 1. The first-order valence-corrected chi connectivity index (χ1v) is 6.05. The van der Waals surface area contributed by atoms with Gasteiger partial charge < -0.3 is 10.3 Å². The largest absolute Gasteiger partial charge is 0.325 e. The lowest BCUT2D eigenvalue weighted by atomic mass is 10.3. The Kier molecular flexibility index (Phi) is 3.78. The molecule has 0 spiro atoms. The molecule has 0 fully saturated rings. The van der Waals surface area contributed by atoms with E-state index >= 15 is 0 Å². The minimum absolute atomic E-state index is 0.112. The maximum absolute atomic E-state index is 11.8. The molecule has 1 heterocycles. The molecule has 2 N–H and O–H groups in total. The molecule has 0 aliphatic rings. The highest BCUT2D eigenvalue weighted by Crippen LogP contribution is 2.30. The molecule has 1 amide bonds. The van der Waals surface area contributed by atoms with Gasteiger partial charge in [0.25, 0.3) is 11.5 Å². The van der Waals surface area contributed by atoms with Gasteiger partial charge in [0, 0.05) is 6.20 Å². The Hall–Kier alpha value is -1.66. The van der Waals surface area contributed by atoms with Gasteiger partial charge >= 0.3 is 0 Å². The van der Waals surface area contributed by atoms with Gasteiger partial charge in [-0.3, -0.25) is 9.59 Å². The van der Waals surface area contributed by atoms with Crippen molar-refractivity contribution >= 4 is 39.1 Å². The molecular weight excluding hydrogens is 321 g/mol. The van der Waals surface area contributed by atoms with Crippen LogP contribution in [-0.2, 0) is 0 Å². The Bertz CT molecular complexity index is 636. The molecule has 1 aromatic carbocycles. The van der Waals surface area contributed by atoms with Crippen LogP contribution >= 0.6 is 27.5 Å². The number of benzene rings is 1. The quantitative estimate of drug-likeness (QED) is 0.889. The molecule has 5 nitrogen and oxygen atoms in total. The van der Waals surface area contributed by atoms with Crippen LogP contribution in [0.15, 0.2) is 39.9 Å². The van der Waals surface area contributed by atoms with Crippen LogP contribution in [0.25, 0.3) is 0 Å². The molecule has 0 atom stereocenters. The fourth-order valence-electron chi connectivity index (χ4n) is 1.25. The summed E-state index contributed by atoms with van der Waals surface area (Å²) in [7, 11) is 0. The second-order valence-electron chi connectivity index (χ2n) is 3.35. The molecule has 2 rings (SSSR count). The molecule has 0 aliphatic heterocycles. The summed E-state index contributed by atoms with van der Waals surface area (Å²) in [4.78, 5) is 28.8. The van der Waals surface area contributed by atoms with Gasteiger partial charge in [-0.15, -0.1) is 0 Å². The lowest BCUT2D eigenvalue weighted by Crippen LogP contribution is -2.17.